The second-order valence-corrected chi connectivity index (χ2v) is 13.5. The monoisotopic (exact) mass is 410 g/mol. The summed E-state index contributed by atoms with van der Waals surface area (Å²) in [7, 11) is 0. The van der Waals surface area contributed by atoms with Crippen molar-refractivity contribution in [2.45, 2.75) is 126 Å². The maximum atomic E-state index is 2.75. The van der Waals surface area contributed by atoms with Crippen LogP contribution in [-0.2, 0) is 0 Å². The largest absolute Gasteiger partial charge is 0.0856 e. The summed E-state index contributed by atoms with van der Waals surface area (Å²) in [5.41, 5.74) is 7.33. The van der Waals surface area contributed by atoms with E-state index in [4.69, 9.17) is 0 Å². The molecule has 0 aromatic rings. The Morgan fingerprint density at radius 3 is 2.33 bits per heavy atom. The lowest BCUT2D eigenvalue weighted by Crippen LogP contribution is -2.61. The topological polar surface area (TPSA) is 0 Å². The van der Waals surface area contributed by atoms with Crippen molar-refractivity contribution in [3.8, 4) is 0 Å². The molecule has 0 nitrogen and oxygen atoms in total. The molecule has 0 spiro atoms. The van der Waals surface area contributed by atoms with Gasteiger partial charge in [0.2, 0.25) is 0 Å². The van der Waals surface area contributed by atoms with Crippen LogP contribution in [0.5, 0.6) is 0 Å². The highest BCUT2D eigenvalue weighted by Crippen LogP contribution is 2.74. The van der Waals surface area contributed by atoms with E-state index in [0.717, 1.165) is 17.8 Å². The van der Waals surface area contributed by atoms with E-state index in [2.05, 4.69) is 61.5 Å². The zero-order chi connectivity index (χ0) is 21.9. The summed E-state index contributed by atoms with van der Waals surface area (Å²) >= 11 is 0. The van der Waals surface area contributed by atoms with Gasteiger partial charge in [0.15, 0.2) is 0 Å². The van der Waals surface area contributed by atoms with Crippen LogP contribution in [0.4, 0.5) is 0 Å². The third-order valence-electron chi connectivity index (χ3n) is 11.4. The molecule has 0 radical (unpaired) electrons. The second-order valence-electron chi connectivity index (χ2n) is 13.5. The zero-order valence-electron chi connectivity index (χ0n) is 21.6. The first-order valence-corrected chi connectivity index (χ1v) is 13.3. The van der Waals surface area contributed by atoms with Gasteiger partial charge in [0, 0.05) is 0 Å². The molecule has 4 rings (SSSR count). The van der Waals surface area contributed by atoms with Gasteiger partial charge in [-0.25, -0.2) is 0 Å². The zero-order valence-corrected chi connectivity index (χ0v) is 21.6. The summed E-state index contributed by atoms with van der Waals surface area (Å²) < 4.78 is 0. The number of allylic oxidation sites excluding steroid dienone is 4. The lowest BCUT2D eigenvalue weighted by atomic mass is 9.35. The van der Waals surface area contributed by atoms with E-state index in [0.29, 0.717) is 21.7 Å². The minimum atomic E-state index is 0.443. The SMILES string of the molecule is CC(C)=CCCC1=C2CC[C@@H]3[C@@]4(C)CCCC(C)(C)[C@@H]4CC[C@@]3(C)[C@]2(C)CC[C@@H]1C. The van der Waals surface area contributed by atoms with Crippen molar-refractivity contribution in [2.24, 2.45) is 39.4 Å². The quantitative estimate of drug-likeness (QED) is 0.406. The van der Waals surface area contributed by atoms with Crippen molar-refractivity contribution in [3.63, 3.8) is 0 Å². The molecule has 0 unspecified atom stereocenters. The molecule has 4 aliphatic carbocycles. The van der Waals surface area contributed by atoms with Gasteiger partial charge in [-0.1, -0.05) is 70.8 Å². The molecule has 3 saturated carbocycles. The molecule has 30 heavy (non-hydrogen) atoms. The predicted molar refractivity (Wildman–Crippen MR) is 131 cm³/mol. The Morgan fingerprint density at radius 2 is 1.63 bits per heavy atom. The molecule has 0 amide bonds. The highest BCUT2D eigenvalue weighted by atomic mass is 14.7. The molecular weight excluding hydrogens is 360 g/mol. The van der Waals surface area contributed by atoms with E-state index in [1.807, 2.05) is 11.1 Å². The van der Waals surface area contributed by atoms with Crippen LogP contribution in [0.1, 0.15) is 126 Å². The molecule has 0 N–H and O–H groups in total. The highest BCUT2D eigenvalue weighted by Gasteiger charge is 2.65. The van der Waals surface area contributed by atoms with Gasteiger partial charge in [-0.2, -0.15) is 0 Å². The van der Waals surface area contributed by atoms with Gasteiger partial charge in [-0.15, -0.1) is 0 Å². The lowest BCUT2D eigenvalue weighted by molar-refractivity contribution is -0.178. The average molecular weight is 411 g/mol. The van der Waals surface area contributed by atoms with Crippen LogP contribution in [0.2, 0.25) is 0 Å². The summed E-state index contributed by atoms with van der Waals surface area (Å²) in [4.78, 5) is 0. The summed E-state index contributed by atoms with van der Waals surface area (Å²) in [5, 5.41) is 0. The second kappa shape index (κ2) is 7.52. The van der Waals surface area contributed by atoms with Crippen molar-refractivity contribution >= 4 is 0 Å². The van der Waals surface area contributed by atoms with E-state index in [1.165, 1.54) is 76.2 Å². The smallest absolute Gasteiger partial charge is 0.00568 e. The van der Waals surface area contributed by atoms with Crippen LogP contribution in [0.15, 0.2) is 22.8 Å². The summed E-state index contributed by atoms with van der Waals surface area (Å²) in [6, 6.07) is 0. The van der Waals surface area contributed by atoms with Crippen molar-refractivity contribution in [3.05, 3.63) is 22.8 Å². The van der Waals surface area contributed by atoms with Crippen LogP contribution < -0.4 is 0 Å². The van der Waals surface area contributed by atoms with E-state index in [9.17, 15) is 0 Å². The van der Waals surface area contributed by atoms with Crippen molar-refractivity contribution in [1.82, 2.24) is 0 Å². The van der Waals surface area contributed by atoms with E-state index >= 15 is 0 Å². The van der Waals surface area contributed by atoms with Gasteiger partial charge in [0.1, 0.15) is 0 Å². The maximum absolute atomic E-state index is 2.75. The average Bonchev–Trinajstić information content (AvgIpc) is 2.64. The van der Waals surface area contributed by atoms with Gasteiger partial charge in [0.25, 0.3) is 0 Å². The molecule has 0 saturated heterocycles. The Balaban J connectivity index is 1.72. The Bertz CT molecular complexity index is 731. The molecular formula is C30H50. The molecule has 0 heteroatoms. The van der Waals surface area contributed by atoms with Gasteiger partial charge >= 0.3 is 0 Å². The first-order valence-electron chi connectivity index (χ1n) is 13.3. The standard InChI is InChI=1S/C30H50/c1-21(2)11-9-12-23-22(3)15-19-29(7)24(23)13-14-26-28(6)18-10-17-27(4,5)25(28)16-20-30(26,29)8/h11,22,25-26H,9-10,12-20H2,1-8H3/t22-,25-,26+,28-,29+,30+/m0/s1. The number of rotatable bonds is 3. The fourth-order valence-electron chi connectivity index (χ4n) is 9.71. The lowest BCUT2D eigenvalue weighted by Gasteiger charge is -2.69. The number of fused-ring (bicyclic) bond motifs is 5. The van der Waals surface area contributed by atoms with Gasteiger partial charge in [-0.05, 0) is 117 Å². The third kappa shape index (κ3) is 3.21. The molecule has 4 aliphatic rings. The van der Waals surface area contributed by atoms with Gasteiger partial charge < -0.3 is 0 Å². The van der Waals surface area contributed by atoms with Crippen molar-refractivity contribution in [2.75, 3.05) is 0 Å². The molecule has 0 aromatic carbocycles. The van der Waals surface area contributed by atoms with Crippen LogP contribution in [-0.4, -0.2) is 0 Å². The minimum absolute atomic E-state index is 0.443. The van der Waals surface area contributed by atoms with E-state index in [1.54, 1.807) is 0 Å². The molecule has 0 aliphatic heterocycles. The molecule has 0 bridgehead atoms. The molecule has 170 valence electrons. The van der Waals surface area contributed by atoms with Crippen LogP contribution in [0, 0.1) is 39.4 Å². The Labute approximate surface area is 188 Å². The summed E-state index contributed by atoms with van der Waals surface area (Å²) in [6.45, 7) is 20.4. The first-order chi connectivity index (χ1) is 14.0. The summed E-state index contributed by atoms with van der Waals surface area (Å²) in [6.07, 6.45) is 18.1. The van der Waals surface area contributed by atoms with Gasteiger partial charge in [-0.3, -0.25) is 0 Å². The maximum Gasteiger partial charge on any atom is -0.00568 e. The Morgan fingerprint density at radius 1 is 0.900 bits per heavy atom. The number of hydrogen-bond acceptors (Lipinski definition) is 0. The fraction of sp³-hybridized carbons (Fsp3) is 0.867. The minimum Gasteiger partial charge on any atom is -0.0856 e. The fourth-order valence-corrected chi connectivity index (χ4v) is 9.71. The van der Waals surface area contributed by atoms with Gasteiger partial charge in [0.05, 0.1) is 0 Å². The van der Waals surface area contributed by atoms with E-state index in [-0.39, 0.29) is 0 Å². The highest BCUT2D eigenvalue weighted by molar-refractivity contribution is 5.34. The Kier molecular flexibility index (Phi) is 5.68. The number of hydrogen-bond donors (Lipinski definition) is 0. The normalized spacial score (nSPS) is 45.3. The third-order valence-corrected chi connectivity index (χ3v) is 11.4. The predicted octanol–water partition coefficient (Wildman–Crippen LogP) is 9.51. The van der Waals surface area contributed by atoms with Crippen molar-refractivity contribution < 1.29 is 0 Å². The van der Waals surface area contributed by atoms with Crippen molar-refractivity contribution in [1.29, 1.82) is 0 Å². The molecule has 0 heterocycles. The van der Waals surface area contributed by atoms with E-state index < -0.39 is 0 Å². The van der Waals surface area contributed by atoms with Crippen LogP contribution in [0.3, 0.4) is 0 Å². The molecule has 0 aromatic heterocycles. The van der Waals surface area contributed by atoms with Crippen LogP contribution in [0.25, 0.3) is 0 Å². The molecule has 6 atom stereocenters. The molecule has 3 fully saturated rings. The summed E-state index contributed by atoms with van der Waals surface area (Å²) in [5.74, 6) is 2.66. The Hall–Kier alpha value is -0.520. The van der Waals surface area contributed by atoms with Crippen LogP contribution >= 0.6 is 0 Å². The first kappa shape index (κ1) is 22.7.